The monoisotopic (exact) mass is 482 g/mol. The lowest BCUT2D eigenvalue weighted by molar-refractivity contribution is -0.123. The fraction of sp³-hybridized carbons (Fsp3) is 0.500. The fourth-order valence-corrected chi connectivity index (χ4v) is 4.45. The minimum Gasteiger partial charge on any atom is -0.497 e. The molecule has 0 saturated carbocycles. The number of rotatable bonds is 14. The number of Topliss-reactive ketones (excluding diaryl/α,β-unsaturated/α-hetero) is 1. The molecule has 190 valence electrons. The van der Waals surface area contributed by atoms with Gasteiger partial charge in [0.2, 0.25) is 5.91 Å². The summed E-state index contributed by atoms with van der Waals surface area (Å²) in [6.45, 7) is 2.60. The van der Waals surface area contributed by atoms with Gasteiger partial charge in [-0.15, -0.1) is 0 Å². The van der Waals surface area contributed by atoms with Gasteiger partial charge < -0.3 is 24.8 Å². The highest BCUT2D eigenvalue weighted by molar-refractivity contribution is 5.96. The Labute approximate surface area is 208 Å². The van der Waals surface area contributed by atoms with Crippen molar-refractivity contribution in [1.82, 2.24) is 10.2 Å². The maximum Gasteiger partial charge on any atom is 0.220 e. The highest BCUT2D eigenvalue weighted by Crippen LogP contribution is 2.22. The predicted molar refractivity (Wildman–Crippen MR) is 136 cm³/mol. The smallest absolute Gasteiger partial charge is 0.220 e. The summed E-state index contributed by atoms with van der Waals surface area (Å²) in [6.07, 6.45) is 4.58. The minimum absolute atomic E-state index is 0.0664. The van der Waals surface area contributed by atoms with Gasteiger partial charge in [-0.1, -0.05) is 18.6 Å². The number of nitrogens with one attached hydrogen (secondary N) is 1. The molecule has 2 N–H and O–H groups in total. The summed E-state index contributed by atoms with van der Waals surface area (Å²) in [7, 11) is 3.21. The first-order chi connectivity index (χ1) is 17.0. The number of unbranched alkanes of at least 4 members (excludes halogenated alkanes) is 2. The average Bonchev–Trinajstić information content (AvgIpc) is 3.41. The van der Waals surface area contributed by atoms with Crippen LogP contribution in [0.25, 0.3) is 0 Å². The Kier molecular flexibility index (Phi) is 10.6. The largest absolute Gasteiger partial charge is 0.497 e. The molecule has 1 amide bonds. The highest BCUT2D eigenvalue weighted by Gasteiger charge is 2.26. The number of methoxy groups -OCH3 is 2. The zero-order chi connectivity index (χ0) is 25.0. The van der Waals surface area contributed by atoms with Gasteiger partial charge in [0.05, 0.1) is 20.3 Å². The van der Waals surface area contributed by atoms with E-state index in [0.29, 0.717) is 31.4 Å². The minimum atomic E-state index is -0.799. The zero-order valence-corrected chi connectivity index (χ0v) is 20.9. The van der Waals surface area contributed by atoms with Crippen molar-refractivity contribution in [1.29, 1.82) is 0 Å². The number of nitrogens with zero attached hydrogens (tertiary/aromatic N) is 1. The highest BCUT2D eigenvalue weighted by atomic mass is 16.5. The molecule has 0 spiro atoms. The van der Waals surface area contributed by atoms with Crippen molar-refractivity contribution in [3.8, 4) is 11.5 Å². The predicted octanol–water partition coefficient (Wildman–Crippen LogP) is 4.15. The maximum absolute atomic E-state index is 12.7. The van der Waals surface area contributed by atoms with Crippen LogP contribution in [0.2, 0.25) is 0 Å². The molecule has 2 aromatic rings. The number of amides is 1. The Hall–Kier alpha value is -2.90. The van der Waals surface area contributed by atoms with Crippen molar-refractivity contribution >= 4 is 11.7 Å². The van der Waals surface area contributed by atoms with Gasteiger partial charge in [0.25, 0.3) is 0 Å². The molecule has 35 heavy (non-hydrogen) atoms. The summed E-state index contributed by atoms with van der Waals surface area (Å²) in [5, 5.41) is 14.1. The van der Waals surface area contributed by atoms with Crippen molar-refractivity contribution in [2.45, 2.75) is 57.1 Å². The summed E-state index contributed by atoms with van der Waals surface area (Å²) in [5.74, 6) is 1.49. The molecule has 1 aliphatic rings. The van der Waals surface area contributed by atoms with Crippen molar-refractivity contribution in [2.75, 3.05) is 33.9 Å². The van der Waals surface area contributed by atoms with E-state index in [1.807, 2.05) is 24.3 Å². The van der Waals surface area contributed by atoms with Crippen molar-refractivity contribution in [3.63, 3.8) is 0 Å². The molecule has 0 aromatic heterocycles. The van der Waals surface area contributed by atoms with Crippen LogP contribution in [-0.2, 0) is 4.79 Å². The van der Waals surface area contributed by atoms with E-state index in [1.165, 1.54) is 0 Å². The SMILES string of the molecule is COc1ccc(C(=O)CCCCCC(=O)N[C@H](CN2CCCC2)[C@H](O)c2ccc(OC)cc2)cc1. The molecular weight excluding hydrogens is 444 g/mol. The lowest BCUT2D eigenvalue weighted by Gasteiger charge is -2.29. The van der Waals surface area contributed by atoms with E-state index in [1.54, 1.807) is 38.5 Å². The van der Waals surface area contributed by atoms with Gasteiger partial charge in [-0.25, -0.2) is 0 Å². The molecule has 1 aliphatic heterocycles. The average molecular weight is 483 g/mol. The maximum atomic E-state index is 12.7. The van der Waals surface area contributed by atoms with Crippen LogP contribution >= 0.6 is 0 Å². The van der Waals surface area contributed by atoms with Crippen LogP contribution in [0.3, 0.4) is 0 Å². The van der Waals surface area contributed by atoms with Gasteiger partial charge in [-0.2, -0.15) is 0 Å². The lowest BCUT2D eigenvalue weighted by Crippen LogP contribution is -2.46. The molecule has 0 bridgehead atoms. The van der Waals surface area contributed by atoms with E-state index in [2.05, 4.69) is 10.2 Å². The number of hydrogen-bond donors (Lipinski definition) is 2. The summed E-state index contributed by atoms with van der Waals surface area (Å²) in [4.78, 5) is 27.3. The van der Waals surface area contributed by atoms with Crippen LogP contribution in [0.5, 0.6) is 11.5 Å². The van der Waals surface area contributed by atoms with Crippen molar-refractivity contribution in [2.24, 2.45) is 0 Å². The molecule has 1 saturated heterocycles. The first-order valence-electron chi connectivity index (χ1n) is 12.5. The molecule has 1 fully saturated rings. The van der Waals surface area contributed by atoms with E-state index in [0.717, 1.165) is 55.8 Å². The molecular formula is C28H38N2O5. The standard InChI is InChI=1S/C28H38N2O5/c1-34-23-14-10-21(11-15-23)26(31)8-4-3-5-9-27(32)29-25(20-30-18-6-7-19-30)28(33)22-12-16-24(35-2)17-13-22/h10-17,25,28,33H,3-9,18-20H2,1-2H3,(H,29,32)/t25-,28-/m1/s1. The molecule has 2 aromatic carbocycles. The van der Waals surface area contributed by atoms with E-state index in [9.17, 15) is 14.7 Å². The fourth-order valence-electron chi connectivity index (χ4n) is 4.45. The molecule has 0 unspecified atom stereocenters. The number of carbonyl (C=O) groups excluding carboxylic acids is 2. The van der Waals surface area contributed by atoms with E-state index in [4.69, 9.17) is 9.47 Å². The Balaban J connectivity index is 1.45. The van der Waals surface area contributed by atoms with Crippen molar-refractivity contribution in [3.05, 3.63) is 59.7 Å². The number of carbonyl (C=O) groups is 2. The van der Waals surface area contributed by atoms with Gasteiger partial charge >= 0.3 is 0 Å². The van der Waals surface area contributed by atoms with Crippen LogP contribution < -0.4 is 14.8 Å². The molecule has 7 nitrogen and oxygen atoms in total. The van der Waals surface area contributed by atoms with Crippen LogP contribution in [-0.4, -0.2) is 61.6 Å². The normalized spacial score (nSPS) is 15.4. The third-order valence-corrected chi connectivity index (χ3v) is 6.56. The van der Waals surface area contributed by atoms with E-state index >= 15 is 0 Å². The van der Waals surface area contributed by atoms with Crippen LogP contribution in [0, 0.1) is 0 Å². The van der Waals surface area contributed by atoms with E-state index in [-0.39, 0.29) is 17.7 Å². The zero-order valence-electron chi connectivity index (χ0n) is 20.9. The molecule has 2 atom stereocenters. The second-order valence-corrected chi connectivity index (χ2v) is 9.11. The quantitative estimate of drug-likeness (QED) is 0.311. The van der Waals surface area contributed by atoms with Crippen LogP contribution in [0.4, 0.5) is 0 Å². The first-order valence-corrected chi connectivity index (χ1v) is 12.5. The van der Waals surface area contributed by atoms with Gasteiger partial charge in [0, 0.05) is 24.9 Å². The Morgan fingerprint density at radius 1 is 0.886 bits per heavy atom. The Morgan fingerprint density at radius 2 is 1.46 bits per heavy atom. The number of likely N-dealkylation sites (tertiary alicyclic amines) is 1. The second-order valence-electron chi connectivity index (χ2n) is 9.11. The number of ketones is 1. The third kappa shape index (κ3) is 8.37. The number of benzene rings is 2. The van der Waals surface area contributed by atoms with Gasteiger partial charge in [-0.3, -0.25) is 9.59 Å². The number of aliphatic hydroxyl groups excluding tert-OH is 1. The third-order valence-electron chi connectivity index (χ3n) is 6.56. The molecule has 0 aliphatic carbocycles. The summed E-state index contributed by atoms with van der Waals surface area (Å²) in [5.41, 5.74) is 1.44. The molecule has 1 heterocycles. The summed E-state index contributed by atoms with van der Waals surface area (Å²) >= 11 is 0. The summed E-state index contributed by atoms with van der Waals surface area (Å²) < 4.78 is 10.3. The molecule has 3 rings (SSSR count). The number of ether oxygens (including phenoxy) is 2. The lowest BCUT2D eigenvalue weighted by atomic mass is 10.0. The van der Waals surface area contributed by atoms with Gasteiger partial charge in [0.1, 0.15) is 17.6 Å². The topological polar surface area (TPSA) is 88.1 Å². The van der Waals surface area contributed by atoms with E-state index < -0.39 is 6.10 Å². The summed E-state index contributed by atoms with van der Waals surface area (Å²) in [6, 6.07) is 14.1. The Morgan fingerprint density at radius 3 is 2.06 bits per heavy atom. The first kappa shape index (κ1) is 26.7. The molecule has 7 heteroatoms. The number of hydrogen-bond acceptors (Lipinski definition) is 6. The molecule has 0 radical (unpaired) electrons. The van der Waals surface area contributed by atoms with Crippen LogP contribution in [0.1, 0.15) is 67.0 Å². The Bertz CT molecular complexity index is 923. The second kappa shape index (κ2) is 13.9. The number of aliphatic hydroxyl groups is 1. The van der Waals surface area contributed by atoms with Crippen LogP contribution in [0.15, 0.2) is 48.5 Å². The van der Waals surface area contributed by atoms with Gasteiger partial charge in [-0.05, 0) is 80.7 Å². The van der Waals surface area contributed by atoms with Gasteiger partial charge in [0.15, 0.2) is 5.78 Å². The van der Waals surface area contributed by atoms with Crippen molar-refractivity contribution < 1.29 is 24.2 Å².